The first-order valence-electron chi connectivity index (χ1n) is 8.25. The maximum Gasteiger partial charge on any atom is 0.264 e. The first-order chi connectivity index (χ1) is 12.5. The van der Waals surface area contributed by atoms with Crippen LogP contribution in [0.2, 0.25) is 0 Å². The molecule has 0 saturated carbocycles. The number of hydrogen-bond acceptors (Lipinski definition) is 4. The number of aromatic nitrogens is 1. The van der Waals surface area contributed by atoms with E-state index in [0.717, 1.165) is 15.7 Å². The fourth-order valence-corrected chi connectivity index (χ4v) is 3.34. The number of halogens is 1. The lowest BCUT2D eigenvalue weighted by molar-refractivity contribution is -0.118. The minimum absolute atomic E-state index is 0.0474. The van der Waals surface area contributed by atoms with Crippen LogP contribution >= 0.6 is 27.3 Å². The molecule has 3 aromatic rings. The smallest absolute Gasteiger partial charge is 0.264 e. The second kappa shape index (κ2) is 8.47. The van der Waals surface area contributed by atoms with Crippen LogP contribution in [0.4, 0.5) is 5.13 Å². The zero-order chi connectivity index (χ0) is 18.5. The number of nitrogens with zero attached hydrogens (tertiary/aromatic N) is 1. The molecule has 1 N–H and O–H groups in total. The Hall–Kier alpha value is -2.18. The van der Waals surface area contributed by atoms with Gasteiger partial charge in [0, 0.05) is 15.4 Å². The molecule has 0 aliphatic heterocycles. The highest BCUT2D eigenvalue weighted by atomic mass is 79.9. The molecule has 0 atom stereocenters. The van der Waals surface area contributed by atoms with E-state index >= 15 is 0 Å². The van der Waals surface area contributed by atoms with Gasteiger partial charge in [-0.2, -0.15) is 0 Å². The number of hydrogen-bond donors (Lipinski definition) is 1. The Morgan fingerprint density at radius 2 is 1.85 bits per heavy atom. The van der Waals surface area contributed by atoms with Crippen LogP contribution in [0.15, 0.2) is 58.4 Å². The van der Waals surface area contributed by atoms with Crippen molar-refractivity contribution in [1.82, 2.24) is 4.98 Å². The van der Waals surface area contributed by atoms with Crippen molar-refractivity contribution in [1.29, 1.82) is 0 Å². The molecule has 4 nitrogen and oxygen atoms in total. The molecule has 1 aromatic heterocycles. The minimum atomic E-state index is -0.227. The highest BCUT2D eigenvalue weighted by Gasteiger charge is 2.09. The molecule has 1 amide bonds. The van der Waals surface area contributed by atoms with E-state index in [9.17, 15) is 4.79 Å². The maximum absolute atomic E-state index is 12.1. The minimum Gasteiger partial charge on any atom is -0.484 e. The third-order valence-corrected chi connectivity index (χ3v) is 5.09. The van der Waals surface area contributed by atoms with Crippen LogP contribution in [0.3, 0.4) is 0 Å². The van der Waals surface area contributed by atoms with Gasteiger partial charge in [-0.25, -0.2) is 4.98 Å². The first kappa shape index (κ1) is 18.6. The summed E-state index contributed by atoms with van der Waals surface area (Å²) < 4.78 is 6.56. The van der Waals surface area contributed by atoms with Gasteiger partial charge in [0.1, 0.15) is 5.75 Å². The van der Waals surface area contributed by atoms with Crippen molar-refractivity contribution in [3.05, 3.63) is 63.9 Å². The Morgan fingerprint density at radius 3 is 2.50 bits per heavy atom. The predicted molar refractivity (Wildman–Crippen MR) is 110 cm³/mol. The molecule has 134 valence electrons. The predicted octanol–water partition coefficient (Wildman–Crippen LogP) is 5.71. The number of carbonyl (C=O) groups is 1. The molecule has 6 heteroatoms. The summed E-state index contributed by atoms with van der Waals surface area (Å²) in [5.41, 5.74) is 3.08. The lowest BCUT2D eigenvalue weighted by Crippen LogP contribution is -2.20. The van der Waals surface area contributed by atoms with Crippen LogP contribution in [0.1, 0.15) is 25.3 Å². The summed E-state index contributed by atoms with van der Waals surface area (Å²) in [6.45, 7) is 4.23. The molecule has 0 unspecified atom stereocenters. The SMILES string of the molecule is CC(C)c1ccc(OCC(=O)Nc2nc(-c3ccc(Br)cc3)cs2)cc1. The average molecular weight is 431 g/mol. The second-order valence-electron chi connectivity index (χ2n) is 6.11. The Bertz CT molecular complexity index is 874. The summed E-state index contributed by atoms with van der Waals surface area (Å²) in [7, 11) is 0. The first-order valence-corrected chi connectivity index (χ1v) is 9.92. The van der Waals surface area contributed by atoms with E-state index in [4.69, 9.17) is 4.74 Å². The maximum atomic E-state index is 12.1. The Morgan fingerprint density at radius 1 is 1.15 bits per heavy atom. The van der Waals surface area contributed by atoms with E-state index in [1.54, 1.807) is 0 Å². The molecule has 0 aliphatic carbocycles. The van der Waals surface area contributed by atoms with E-state index in [-0.39, 0.29) is 12.5 Å². The highest BCUT2D eigenvalue weighted by molar-refractivity contribution is 9.10. The van der Waals surface area contributed by atoms with E-state index in [1.807, 2.05) is 53.9 Å². The molecule has 0 saturated heterocycles. The quantitative estimate of drug-likeness (QED) is 0.544. The Labute approximate surface area is 165 Å². The molecule has 3 rings (SSSR count). The van der Waals surface area contributed by atoms with Gasteiger partial charge in [-0.15, -0.1) is 11.3 Å². The molecule has 0 spiro atoms. The third-order valence-electron chi connectivity index (χ3n) is 3.81. The van der Waals surface area contributed by atoms with Crippen molar-refractivity contribution in [3.8, 4) is 17.0 Å². The lowest BCUT2D eigenvalue weighted by atomic mass is 10.0. The van der Waals surface area contributed by atoms with Gasteiger partial charge < -0.3 is 4.74 Å². The summed E-state index contributed by atoms with van der Waals surface area (Å²) >= 11 is 4.81. The number of anilines is 1. The van der Waals surface area contributed by atoms with Crippen molar-refractivity contribution in [3.63, 3.8) is 0 Å². The average Bonchev–Trinajstić information content (AvgIpc) is 3.09. The molecular formula is C20H19BrN2O2S. The van der Waals surface area contributed by atoms with Gasteiger partial charge in [-0.05, 0) is 35.7 Å². The van der Waals surface area contributed by atoms with Crippen LogP contribution in [0, 0.1) is 0 Å². The zero-order valence-corrected chi connectivity index (χ0v) is 16.9. The van der Waals surface area contributed by atoms with Crippen LogP contribution in [-0.2, 0) is 4.79 Å². The fraction of sp³-hybridized carbons (Fsp3) is 0.200. The fourth-order valence-electron chi connectivity index (χ4n) is 2.34. The van der Waals surface area contributed by atoms with Crippen molar-refractivity contribution >= 4 is 38.3 Å². The summed E-state index contributed by atoms with van der Waals surface area (Å²) in [6.07, 6.45) is 0. The van der Waals surface area contributed by atoms with E-state index in [0.29, 0.717) is 16.8 Å². The van der Waals surface area contributed by atoms with Gasteiger partial charge in [0.2, 0.25) is 0 Å². The van der Waals surface area contributed by atoms with Gasteiger partial charge >= 0.3 is 0 Å². The number of ether oxygens (including phenoxy) is 1. The van der Waals surface area contributed by atoms with Crippen LogP contribution < -0.4 is 10.1 Å². The number of nitrogens with one attached hydrogen (secondary N) is 1. The highest BCUT2D eigenvalue weighted by Crippen LogP contribution is 2.26. The van der Waals surface area contributed by atoms with Gasteiger partial charge in [0.15, 0.2) is 11.7 Å². The number of amides is 1. The molecular weight excluding hydrogens is 412 g/mol. The molecule has 0 fully saturated rings. The van der Waals surface area contributed by atoms with Crippen LogP contribution in [0.5, 0.6) is 5.75 Å². The van der Waals surface area contributed by atoms with Gasteiger partial charge in [-0.1, -0.05) is 54.0 Å². The van der Waals surface area contributed by atoms with E-state index in [1.165, 1.54) is 16.9 Å². The van der Waals surface area contributed by atoms with Crippen LogP contribution in [-0.4, -0.2) is 17.5 Å². The molecule has 26 heavy (non-hydrogen) atoms. The molecule has 0 aliphatic rings. The van der Waals surface area contributed by atoms with E-state index < -0.39 is 0 Å². The van der Waals surface area contributed by atoms with Crippen molar-refractivity contribution in [2.45, 2.75) is 19.8 Å². The standard InChI is InChI=1S/C20H19BrN2O2S/c1-13(2)14-5-9-17(10-6-14)25-11-19(24)23-20-22-18(12-26-20)15-3-7-16(21)8-4-15/h3-10,12-13H,11H2,1-2H3,(H,22,23,24). The van der Waals surface area contributed by atoms with Crippen molar-refractivity contribution in [2.75, 3.05) is 11.9 Å². The van der Waals surface area contributed by atoms with Gasteiger partial charge in [-0.3, -0.25) is 10.1 Å². The number of rotatable bonds is 6. The monoisotopic (exact) mass is 430 g/mol. The largest absolute Gasteiger partial charge is 0.484 e. The van der Waals surface area contributed by atoms with E-state index in [2.05, 4.69) is 40.1 Å². The lowest BCUT2D eigenvalue weighted by Gasteiger charge is -2.08. The summed E-state index contributed by atoms with van der Waals surface area (Å²) in [6, 6.07) is 15.7. The topological polar surface area (TPSA) is 51.2 Å². The third kappa shape index (κ3) is 4.93. The second-order valence-corrected chi connectivity index (χ2v) is 7.88. The normalized spacial score (nSPS) is 10.8. The molecule has 0 radical (unpaired) electrons. The Balaban J connectivity index is 1.54. The van der Waals surface area contributed by atoms with Crippen molar-refractivity contribution in [2.24, 2.45) is 0 Å². The molecule has 0 bridgehead atoms. The van der Waals surface area contributed by atoms with Gasteiger partial charge in [0.25, 0.3) is 5.91 Å². The number of thiazole rings is 1. The molecule has 2 aromatic carbocycles. The van der Waals surface area contributed by atoms with Gasteiger partial charge in [0.05, 0.1) is 5.69 Å². The molecule has 1 heterocycles. The Kier molecular flexibility index (Phi) is 6.06. The number of benzene rings is 2. The zero-order valence-electron chi connectivity index (χ0n) is 14.5. The summed E-state index contributed by atoms with van der Waals surface area (Å²) in [4.78, 5) is 16.5. The summed E-state index contributed by atoms with van der Waals surface area (Å²) in [5, 5.41) is 5.26. The number of carbonyl (C=O) groups excluding carboxylic acids is 1. The summed E-state index contributed by atoms with van der Waals surface area (Å²) in [5.74, 6) is 0.922. The van der Waals surface area contributed by atoms with Crippen LogP contribution in [0.25, 0.3) is 11.3 Å². The van der Waals surface area contributed by atoms with Crippen molar-refractivity contribution < 1.29 is 9.53 Å².